The van der Waals surface area contributed by atoms with Crippen LogP contribution >= 0.6 is 39.3 Å². The minimum Gasteiger partial charge on any atom is -0.313 e. The molecule has 4 heteroatoms. The summed E-state index contributed by atoms with van der Waals surface area (Å²) in [5.41, 5.74) is 1.25. The molecule has 1 N–H and O–H groups in total. The number of halogens is 2. The van der Waals surface area contributed by atoms with Crippen LogP contribution in [0.3, 0.4) is 0 Å². The molecule has 0 heterocycles. The van der Waals surface area contributed by atoms with Crippen LogP contribution in [0.4, 0.5) is 0 Å². The Morgan fingerprint density at radius 2 is 1.90 bits per heavy atom. The zero-order valence-electron chi connectivity index (χ0n) is 11.3. The molecule has 106 valence electrons. The lowest BCUT2D eigenvalue weighted by atomic mass is 10.2. The molecule has 0 bridgehead atoms. The Labute approximate surface area is 138 Å². The number of hydrogen-bond donors (Lipinski definition) is 1. The summed E-state index contributed by atoms with van der Waals surface area (Å²) in [5, 5.41) is 4.22. The highest BCUT2D eigenvalue weighted by molar-refractivity contribution is 9.10. The smallest absolute Gasteiger partial charge is 0.0410 e. The molecule has 2 aromatic rings. The Morgan fingerprint density at radius 3 is 2.60 bits per heavy atom. The van der Waals surface area contributed by atoms with Gasteiger partial charge < -0.3 is 5.32 Å². The topological polar surface area (TPSA) is 12.0 Å². The van der Waals surface area contributed by atoms with Crippen molar-refractivity contribution in [2.75, 3.05) is 6.54 Å². The minimum atomic E-state index is 0.790. The zero-order chi connectivity index (χ0) is 14.4. The molecule has 0 spiro atoms. The van der Waals surface area contributed by atoms with Gasteiger partial charge in [0.2, 0.25) is 0 Å². The van der Waals surface area contributed by atoms with E-state index in [4.69, 9.17) is 11.6 Å². The molecule has 2 rings (SSSR count). The van der Waals surface area contributed by atoms with Crippen LogP contribution in [0.5, 0.6) is 0 Å². The molecule has 0 saturated heterocycles. The van der Waals surface area contributed by atoms with Crippen LogP contribution in [0, 0.1) is 0 Å². The Balaban J connectivity index is 2.15. The molecule has 0 radical (unpaired) electrons. The number of benzene rings is 2. The Hall–Kier alpha value is -0.480. The van der Waals surface area contributed by atoms with Gasteiger partial charge in [0.25, 0.3) is 0 Å². The van der Waals surface area contributed by atoms with E-state index in [1.807, 2.05) is 12.1 Å². The number of hydrogen-bond acceptors (Lipinski definition) is 2. The quantitative estimate of drug-likeness (QED) is 0.649. The molecular formula is C16H17BrClNS. The maximum Gasteiger partial charge on any atom is 0.0410 e. The second-order valence-electron chi connectivity index (χ2n) is 4.48. The fraction of sp³-hybridized carbons (Fsp3) is 0.250. The molecule has 0 atom stereocenters. The lowest BCUT2D eigenvalue weighted by Gasteiger charge is -2.11. The van der Waals surface area contributed by atoms with E-state index in [2.05, 4.69) is 58.5 Å². The molecular weight excluding hydrogens is 354 g/mol. The zero-order valence-corrected chi connectivity index (χ0v) is 14.5. The van der Waals surface area contributed by atoms with Crippen molar-refractivity contribution in [3.63, 3.8) is 0 Å². The van der Waals surface area contributed by atoms with Crippen molar-refractivity contribution in [3.8, 4) is 0 Å². The number of rotatable bonds is 6. The van der Waals surface area contributed by atoms with Gasteiger partial charge >= 0.3 is 0 Å². The van der Waals surface area contributed by atoms with E-state index in [9.17, 15) is 0 Å². The average molecular weight is 371 g/mol. The first-order chi connectivity index (χ1) is 9.69. The summed E-state index contributed by atoms with van der Waals surface area (Å²) in [6, 6.07) is 14.5. The van der Waals surface area contributed by atoms with Gasteiger partial charge in [0, 0.05) is 25.8 Å². The third kappa shape index (κ3) is 4.81. The van der Waals surface area contributed by atoms with Crippen molar-refractivity contribution >= 4 is 39.3 Å². The van der Waals surface area contributed by atoms with Crippen LogP contribution in [0.1, 0.15) is 18.9 Å². The monoisotopic (exact) mass is 369 g/mol. The normalized spacial score (nSPS) is 10.8. The van der Waals surface area contributed by atoms with Gasteiger partial charge in [-0.05, 0) is 61.0 Å². The molecule has 0 amide bonds. The van der Waals surface area contributed by atoms with Gasteiger partial charge in [0.05, 0.1) is 0 Å². The van der Waals surface area contributed by atoms with Crippen LogP contribution in [-0.4, -0.2) is 6.54 Å². The lowest BCUT2D eigenvalue weighted by molar-refractivity contribution is 0.669. The summed E-state index contributed by atoms with van der Waals surface area (Å²) in [6.07, 6.45) is 1.13. The summed E-state index contributed by atoms with van der Waals surface area (Å²) in [5.74, 6) is 0. The van der Waals surface area contributed by atoms with E-state index in [1.54, 1.807) is 11.8 Å². The second-order valence-corrected chi connectivity index (χ2v) is 6.95. The fourth-order valence-corrected chi connectivity index (χ4v) is 3.20. The van der Waals surface area contributed by atoms with Crippen molar-refractivity contribution in [2.24, 2.45) is 0 Å². The molecule has 0 fully saturated rings. The van der Waals surface area contributed by atoms with Crippen molar-refractivity contribution in [2.45, 2.75) is 29.7 Å². The summed E-state index contributed by atoms with van der Waals surface area (Å²) >= 11 is 11.3. The molecule has 0 aliphatic carbocycles. The van der Waals surface area contributed by atoms with Crippen LogP contribution in [0.2, 0.25) is 5.02 Å². The van der Waals surface area contributed by atoms with Crippen LogP contribution in [0.25, 0.3) is 0 Å². The van der Waals surface area contributed by atoms with Gasteiger partial charge in [-0.1, -0.05) is 46.2 Å². The van der Waals surface area contributed by atoms with E-state index in [0.29, 0.717) is 0 Å². The third-order valence-electron chi connectivity index (χ3n) is 2.81. The highest BCUT2D eigenvalue weighted by atomic mass is 79.9. The molecule has 0 saturated carbocycles. The Kier molecular flexibility index (Phi) is 6.43. The van der Waals surface area contributed by atoms with Crippen molar-refractivity contribution in [3.05, 3.63) is 57.5 Å². The van der Waals surface area contributed by atoms with Crippen molar-refractivity contribution in [1.82, 2.24) is 5.32 Å². The summed E-state index contributed by atoms with van der Waals surface area (Å²) < 4.78 is 1.10. The first-order valence-corrected chi connectivity index (χ1v) is 8.60. The predicted molar refractivity (Wildman–Crippen MR) is 91.7 cm³/mol. The predicted octanol–water partition coefficient (Wildman–Crippen LogP) is 5.75. The Morgan fingerprint density at radius 1 is 1.15 bits per heavy atom. The molecule has 2 aromatic carbocycles. The first kappa shape index (κ1) is 15.9. The molecule has 0 unspecified atom stereocenters. The van der Waals surface area contributed by atoms with Crippen LogP contribution < -0.4 is 5.32 Å². The van der Waals surface area contributed by atoms with E-state index >= 15 is 0 Å². The van der Waals surface area contributed by atoms with E-state index in [-0.39, 0.29) is 0 Å². The summed E-state index contributed by atoms with van der Waals surface area (Å²) in [7, 11) is 0. The first-order valence-electron chi connectivity index (χ1n) is 6.61. The average Bonchev–Trinajstić information content (AvgIpc) is 2.44. The minimum absolute atomic E-state index is 0.790. The fourth-order valence-electron chi connectivity index (χ4n) is 1.82. The highest BCUT2D eigenvalue weighted by Gasteiger charge is 2.05. The lowest BCUT2D eigenvalue weighted by Crippen LogP contribution is -2.14. The maximum atomic E-state index is 6.11. The number of nitrogens with one attached hydrogen (secondary N) is 1. The van der Waals surface area contributed by atoms with Crippen molar-refractivity contribution < 1.29 is 0 Å². The summed E-state index contributed by atoms with van der Waals surface area (Å²) in [6.45, 7) is 4.05. The van der Waals surface area contributed by atoms with Gasteiger partial charge in [0.1, 0.15) is 0 Å². The standard InChI is InChI=1S/C16H17BrClNS/c1-2-9-19-11-12-10-14(18)5-8-16(12)20-15-6-3-13(17)4-7-15/h3-8,10,19H,2,9,11H2,1H3. The van der Waals surface area contributed by atoms with E-state index in [1.165, 1.54) is 15.4 Å². The van der Waals surface area contributed by atoms with Gasteiger partial charge in [-0.2, -0.15) is 0 Å². The Bertz CT molecular complexity index is 557. The van der Waals surface area contributed by atoms with Crippen LogP contribution in [-0.2, 0) is 6.54 Å². The second kappa shape index (κ2) is 8.08. The van der Waals surface area contributed by atoms with E-state index in [0.717, 1.165) is 29.0 Å². The van der Waals surface area contributed by atoms with E-state index < -0.39 is 0 Å². The molecule has 1 nitrogen and oxygen atoms in total. The highest BCUT2D eigenvalue weighted by Crippen LogP contribution is 2.32. The van der Waals surface area contributed by atoms with Crippen molar-refractivity contribution in [1.29, 1.82) is 0 Å². The molecule has 20 heavy (non-hydrogen) atoms. The van der Waals surface area contributed by atoms with Gasteiger partial charge in [-0.3, -0.25) is 0 Å². The molecule has 0 aliphatic heterocycles. The third-order valence-corrected chi connectivity index (χ3v) is 4.70. The molecule has 0 aromatic heterocycles. The van der Waals surface area contributed by atoms with Gasteiger partial charge in [0.15, 0.2) is 0 Å². The van der Waals surface area contributed by atoms with Gasteiger partial charge in [-0.15, -0.1) is 0 Å². The SMILES string of the molecule is CCCNCc1cc(Cl)ccc1Sc1ccc(Br)cc1. The maximum absolute atomic E-state index is 6.11. The van der Waals surface area contributed by atoms with Gasteiger partial charge in [-0.25, -0.2) is 0 Å². The largest absolute Gasteiger partial charge is 0.313 e. The summed E-state index contributed by atoms with van der Waals surface area (Å²) in [4.78, 5) is 2.48. The van der Waals surface area contributed by atoms with Crippen LogP contribution in [0.15, 0.2) is 56.7 Å². The molecule has 0 aliphatic rings.